The van der Waals surface area contributed by atoms with Crippen LogP contribution in [0.4, 0.5) is 33.4 Å². The zero-order valence-corrected chi connectivity index (χ0v) is 33.5. The highest BCUT2D eigenvalue weighted by atomic mass is 32.2. The largest absolute Gasteiger partial charge is 0.492 e. The molecule has 0 aliphatic rings. The number of carboxylic acids is 1. The molecule has 0 aliphatic heterocycles. The number of nitrogens with one attached hydrogen (secondary N) is 4. The molecule has 4 aromatic carbocycles. The number of pyridine rings is 1. The van der Waals surface area contributed by atoms with Gasteiger partial charge in [-0.2, -0.15) is 0 Å². The average molecular weight is 812 g/mol. The summed E-state index contributed by atoms with van der Waals surface area (Å²) in [5, 5.41) is 19.0. The van der Waals surface area contributed by atoms with E-state index in [1.54, 1.807) is 60.8 Å². The monoisotopic (exact) mass is 811 g/mol. The lowest BCUT2D eigenvalue weighted by Gasteiger charge is -2.24. The molecule has 1 aromatic heterocycles. The maximum Gasteiger partial charge on any atom is 0.329 e. The summed E-state index contributed by atoms with van der Waals surface area (Å²) >= 11 is 0. The second kappa shape index (κ2) is 19.1. The molecular formula is C42H45N5O10S. The van der Waals surface area contributed by atoms with E-state index in [-0.39, 0.29) is 55.6 Å². The van der Waals surface area contributed by atoms with Crippen LogP contribution in [0, 0.1) is 12.3 Å². The molecular weight excluding hydrogens is 767 g/mol. The van der Waals surface area contributed by atoms with Gasteiger partial charge in [-0.25, -0.2) is 23.0 Å². The van der Waals surface area contributed by atoms with Crippen LogP contribution < -0.4 is 34.9 Å². The van der Waals surface area contributed by atoms with Gasteiger partial charge in [0.1, 0.15) is 36.3 Å². The van der Waals surface area contributed by atoms with Crippen LogP contribution in [-0.4, -0.2) is 76.9 Å². The number of amides is 2. The lowest BCUT2D eigenvalue weighted by Crippen LogP contribution is -2.22. The zero-order chi connectivity index (χ0) is 41.9. The molecule has 0 saturated carbocycles. The first-order chi connectivity index (χ1) is 27.6. The molecule has 5 rings (SSSR count). The molecule has 304 valence electrons. The van der Waals surface area contributed by atoms with E-state index in [1.165, 1.54) is 7.11 Å². The molecule has 0 fully saturated rings. The second-order valence-electron chi connectivity index (χ2n) is 13.9. The number of hydrogen-bond acceptors (Lipinski definition) is 11. The quantitative estimate of drug-likeness (QED) is 0.0431. The highest BCUT2D eigenvalue weighted by Gasteiger charge is 2.22. The summed E-state index contributed by atoms with van der Waals surface area (Å²) in [6.45, 7) is 6.41. The van der Waals surface area contributed by atoms with Crippen LogP contribution in [0.2, 0.25) is 0 Å². The summed E-state index contributed by atoms with van der Waals surface area (Å²) in [6.07, 6.45) is 8.35. The molecule has 0 saturated heterocycles. The summed E-state index contributed by atoms with van der Waals surface area (Å²) < 4.78 is 54.9. The number of carboxylic acid groups (broad SMARTS) is 1. The molecule has 0 unspecified atom stereocenters. The van der Waals surface area contributed by atoms with Gasteiger partial charge in [0.25, 0.3) is 0 Å². The van der Waals surface area contributed by atoms with Gasteiger partial charge < -0.3 is 44.7 Å². The Labute approximate surface area is 337 Å². The molecule has 5 N–H and O–H groups in total. The van der Waals surface area contributed by atoms with Crippen molar-refractivity contribution in [1.29, 1.82) is 0 Å². The Kier molecular flexibility index (Phi) is 14.0. The molecule has 0 radical (unpaired) electrons. The third kappa shape index (κ3) is 12.2. The SMILES string of the molecule is C#Cc1cc(Nc2cc(Oc3ccc(NC(=O)Nc4cc(C(C)(C)C)cc(NS(C)(=O)=O)c4OC)c4ccccc34)ccn2)cc(OCCOCCOCC(=O)O)c1. The van der Waals surface area contributed by atoms with Gasteiger partial charge in [0.15, 0.2) is 5.75 Å². The number of carbonyl (C=O) groups excluding carboxylic acids is 1. The molecule has 1 heterocycles. The minimum atomic E-state index is -3.65. The van der Waals surface area contributed by atoms with E-state index in [1.807, 2.05) is 45.0 Å². The van der Waals surface area contributed by atoms with Gasteiger partial charge in [0.2, 0.25) is 10.0 Å². The number of terminal acetylenes is 1. The fraction of sp³-hybridized carbons (Fsp3) is 0.262. The number of ether oxygens (including phenoxy) is 5. The average Bonchev–Trinajstić information content (AvgIpc) is 3.15. The molecule has 15 nitrogen and oxygen atoms in total. The van der Waals surface area contributed by atoms with E-state index in [4.69, 9.17) is 35.2 Å². The topological polar surface area (TPSA) is 196 Å². The first-order valence-corrected chi connectivity index (χ1v) is 19.8. The van der Waals surface area contributed by atoms with E-state index in [0.717, 1.165) is 17.2 Å². The minimum Gasteiger partial charge on any atom is -0.492 e. The van der Waals surface area contributed by atoms with Gasteiger partial charge in [-0.15, -0.1) is 6.42 Å². The Morgan fingerprint density at radius 1 is 0.845 bits per heavy atom. The van der Waals surface area contributed by atoms with Crippen LogP contribution in [-0.2, 0) is 29.7 Å². The van der Waals surface area contributed by atoms with Crippen molar-refractivity contribution in [2.24, 2.45) is 0 Å². The Morgan fingerprint density at radius 2 is 1.55 bits per heavy atom. The number of urea groups is 1. The summed E-state index contributed by atoms with van der Waals surface area (Å²) in [4.78, 5) is 28.5. The number of benzene rings is 4. The van der Waals surface area contributed by atoms with Crippen LogP contribution in [0.3, 0.4) is 0 Å². The number of hydrogen-bond donors (Lipinski definition) is 5. The predicted octanol–water partition coefficient (Wildman–Crippen LogP) is 7.57. The highest BCUT2D eigenvalue weighted by molar-refractivity contribution is 7.92. The Bertz CT molecular complexity index is 2430. The number of aromatic nitrogens is 1. The van der Waals surface area contributed by atoms with Crippen molar-refractivity contribution in [1.82, 2.24) is 4.98 Å². The molecule has 0 spiro atoms. The first kappa shape index (κ1) is 42.6. The summed E-state index contributed by atoms with van der Waals surface area (Å²) in [5.74, 6) is 3.73. The first-order valence-electron chi connectivity index (χ1n) is 17.9. The number of methoxy groups -OCH3 is 1. The predicted molar refractivity (Wildman–Crippen MR) is 223 cm³/mol. The molecule has 0 aliphatic carbocycles. The third-order valence-corrected chi connectivity index (χ3v) is 8.82. The van der Waals surface area contributed by atoms with Crippen molar-refractivity contribution >= 4 is 61.4 Å². The van der Waals surface area contributed by atoms with Gasteiger partial charge in [-0.1, -0.05) is 51.0 Å². The number of fused-ring (bicyclic) bond motifs is 1. The lowest BCUT2D eigenvalue weighted by molar-refractivity contribution is -0.142. The Hall–Kier alpha value is -6.54. The number of rotatable bonds is 18. The molecule has 2 amide bonds. The molecule has 0 atom stereocenters. The van der Waals surface area contributed by atoms with Crippen LogP contribution in [0.1, 0.15) is 31.9 Å². The van der Waals surface area contributed by atoms with Crippen molar-refractivity contribution < 1.29 is 46.8 Å². The number of carbonyl (C=O) groups is 2. The fourth-order valence-electron chi connectivity index (χ4n) is 5.65. The van der Waals surface area contributed by atoms with Crippen molar-refractivity contribution in [2.75, 3.05) is 67.1 Å². The number of nitrogens with zero attached hydrogens (tertiary/aromatic N) is 1. The maximum atomic E-state index is 13.5. The van der Waals surface area contributed by atoms with Crippen LogP contribution in [0.5, 0.6) is 23.0 Å². The van der Waals surface area contributed by atoms with Gasteiger partial charge >= 0.3 is 12.0 Å². The lowest BCUT2D eigenvalue weighted by atomic mass is 9.86. The summed E-state index contributed by atoms with van der Waals surface area (Å²) in [7, 11) is -2.25. The standard InChI is InChI=1S/C42H45N5O10S/c1-7-27-20-29(24-31(21-27)56-19-18-54-16-17-55-26-39(48)49)44-38-25-30(14-15-43-38)57-37-13-12-34(32-10-8-9-11-33(32)37)45-41(50)46-35-22-28(42(2,3)4)23-36(40(35)53-5)47-58(6,51)52/h1,8-15,20-25,47H,16-19,26H2,2-6H3,(H,43,44)(H,48,49)(H2,45,46,50). The minimum absolute atomic E-state index is 0.155. The van der Waals surface area contributed by atoms with Crippen LogP contribution in [0.25, 0.3) is 10.8 Å². The fourth-order valence-corrected chi connectivity index (χ4v) is 6.20. The van der Waals surface area contributed by atoms with Crippen molar-refractivity contribution in [3.05, 3.63) is 96.2 Å². The van der Waals surface area contributed by atoms with Gasteiger partial charge in [-0.3, -0.25) is 4.72 Å². The molecule has 0 bridgehead atoms. The number of aliphatic carboxylic acids is 1. The Balaban J connectivity index is 1.28. The summed E-state index contributed by atoms with van der Waals surface area (Å²) in [5.41, 5.74) is 2.58. The van der Waals surface area contributed by atoms with Crippen LogP contribution in [0.15, 0.2) is 85.1 Å². The zero-order valence-electron chi connectivity index (χ0n) is 32.7. The summed E-state index contributed by atoms with van der Waals surface area (Å²) in [6, 6.07) is 22.5. The van der Waals surface area contributed by atoms with E-state index < -0.39 is 22.0 Å². The van der Waals surface area contributed by atoms with E-state index in [9.17, 15) is 18.0 Å². The van der Waals surface area contributed by atoms with E-state index >= 15 is 0 Å². The molecule has 16 heteroatoms. The Morgan fingerprint density at radius 3 is 2.26 bits per heavy atom. The smallest absolute Gasteiger partial charge is 0.329 e. The molecule has 5 aromatic rings. The molecule has 58 heavy (non-hydrogen) atoms. The highest BCUT2D eigenvalue weighted by Crippen LogP contribution is 2.40. The third-order valence-electron chi connectivity index (χ3n) is 8.23. The van der Waals surface area contributed by atoms with Crippen molar-refractivity contribution in [3.8, 4) is 35.3 Å². The van der Waals surface area contributed by atoms with Gasteiger partial charge in [0, 0.05) is 40.4 Å². The van der Waals surface area contributed by atoms with Crippen molar-refractivity contribution in [3.63, 3.8) is 0 Å². The van der Waals surface area contributed by atoms with E-state index in [0.29, 0.717) is 45.4 Å². The van der Waals surface area contributed by atoms with Gasteiger partial charge in [0.05, 0.1) is 50.2 Å². The number of anilines is 5. The number of sulfonamides is 1. The van der Waals surface area contributed by atoms with Gasteiger partial charge in [-0.05, 0) is 53.4 Å². The maximum absolute atomic E-state index is 13.5. The van der Waals surface area contributed by atoms with E-state index in [2.05, 4.69) is 31.6 Å². The van der Waals surface area contributed by atoms with Crippen LogP contribution >= 0.6 is 0 Å². The normalized spacial score (nSPS) is 11.3. The van der Waals surface area contributed by atoms with Crippen molar-refractivity contribution in [2.45, 2.75) is 26.2 Å². The second-order valence-corrected chi connectivity index (χ2v) is 15.6.